The summed E-state index contributed by atoms with van der Waals surface area (Å²) in [5.41, 5.74) is 2.95. The number of hydrogen-bond acceptors (Lipinski definition) is 2. The lowest BCUT2D eigenvalue weighted by Gasteiger charge is -2.27. The number of rotatable bonds is 7. The summed E-state index contributed by atoms with van der Waals surface area (Å²) in [6.07, 6.45) is 6.55. The van der Waals surface area contributed by atoms with Crippen molar-refractivity contribution in [2.45, 2.75) is 52.0 Å². The molecule has 1 aliphatic rings. The van der Waals surface area contributed by atoms with Crippen LogP contribution in [0.4, 0.5) is 0 Å². The van der Waals surface area contributed by atoms with Crippen molar-refractivity contribution in [3.05, 3.63) is 35.4 Å². The Bertz CT molecular complexity index is 368. The standard InChI is InChI=1S/C18H29NS/c1-3-5-15-6-8-17(9-7-15)18(19-4-2)14-16-10-12-20-13-11-16/h6-9,16,18-19H,3-5,10-14H2,1-2H3. The van der Waals surface area contributed by atoms with Crippen molar-refractivity contribution in [3.63, 3.8) is 0 Å². The minimum absolute atomic E-state index is 0.545. The van der Waals surface area contributed by atoms with Crippen molar-refractivity contribution in [2.24, 2.45) is 5.92 Å². The fraction of sp³-hybridized carbons (Fsp3) is 0.667. The third-order valence-corrected chi connectivity index (χ3v) is 5.33. The zero-order valence-electron chi connectivity index (χ0n) is 13.0. The molecule has 0 spiro atoms. The Kier molecular flexibility index (Phi) is 6.95. The number of benzene rings is 1. The van der Waals surface area contributed by atoms with E-state index in [4.69, 9.17) is 0 Å². The second-order valence-corrected chi connectivity index (χ2v) is 7.12. The Labute approximate surface area is 128 Å². The first-order valence-corrected chi connectivity index (χ1v) is 9.39. The molecule has 1 aromatic carbocycles. The quantitative estimate of drug-likeness (QED) is 0.772. The number of nitrogens with one attached hydrogen (secondary N) is 1. The van der Waals surface area contributed by atoms with Gasteiger partial charge in [-0.05, 0) is 60.8 Å². The van der Waals surface area contributed by atoms with Crippen LogP contribution in [-0.2, 0) is 6.42 Å². The molecule has 0 aliphatic carbocycles. The van der Waals surface area contributed by atoms with Gasteiger partial charge in [0.2, 0.25) is 0 Å². The van der Waals surface area contributed by atoms with Gasteiger partial charge in [-0.1, -0.05) is 44.5 Å². The lowest BCUT2D eigenvalue weighted by atomic mass is 9.90. The average Bonchev–Trinajstić information content (AvgIpc) is 2.49. The average molecular weight is 292 g/mol. The molecular weight excluding hydrogens is 262 g/mol. The first-order valence-electron chi connectivity index (χ1n) is 8.23. The highest BCUT2D eigenvalue weighted by atomic mass is 32.2. The molecule has 0 radical (unpaired) electrons. The van der Waals surface area contributed by atoms with Crippen molar-refractivity contribution in [1.82, 2.24) is 5.32 Å². The molecule has 1 heterocycles. The van der Waals surface area contributed by atoms with Gasteiger partial charge in [-0.2, -0.15) is 11.8 Å². The van der Waals surface area contributed by atoms with E-state index in [0.717, 1.165) is 12.5 Å². The monoisotopic (exact) mass is 291 g/mol. The van der Waals surface area contributed by atoms with Crippen molar-refractivity contribution < 1.29 is 0 Å². The zero-order chi connectivity index (χ0) is 14.2. The molecular formula is C18H29NS. The summed E-state index contributed by atoms with van der Waals surface area (Å²) in [5.74, 6) is 3.63. The molecule has 2 rings (SSSR count). The normalized spacial score (nSPS) is 18.1. The molecule has 1 unspecified atom stereocenters. The van der Waals surface area contributed by atoms with Gasteiger partial charge >= 0.3 is 0 Å². The largest absolute Gasteiger partial charge is 0.310 e. The Morgan fingerprint density at radius 3 is 2.45 bits per heavy atom. The fourth-order valence-corrected chi connectivity index (χ4v) is 4.31. The van der Waals surface area contributed by atoms with E-state index in [2.05, 4.69) is 55.2 Å². The van der Waals surface area contributed by atoms with Crippen LogP contribution in [0.5, 0.6) is 0 Å². The Morgan fingerprint density at radius 1 is 1.15 bits per heavy atom. The van der Waals surface area contributed by atoms with Gasteiger partial charge in [-0.15, -0.1) is 0 Å². The van der Waals surface area contributed by atoms with Crippen molar-refractivity contribution in [1.29, 1.82) is 0 Å². The van der Waals surface area contributed by atoms with Crippen LogP contribution in [0.2, 0.25) is 0 Å². The highest BCUT2D eigenvalue weighted by Gasteiger charge is 2.19. The van der Waals surface area contributed by atoms with E-state index in [1.807, 2.05) is 0 Å². The first-order chi connectivity index (χ1) is 9.83. The molecule has 20 heavy (non-hydrogen) atoms. The van der Waals surface area contributed by atoms with Crippen molar-refractivity contribution in [3.8, 4) is 0 Å². The predicted molar refractivity (Wildman–Crippen MR) is 91.5 cm³/mol. The minimum atomic E-state index is 0.545. The Balaban J connectivity index is 1.98. The highest BCUT2D eigenvalue weighted by Crippen LogP contribution is 2.31. The van der Waals surface area contributed by atoms with E-state index in [9.17, 15) is 0 Å². The molecule has 1 atom stereocenters. The van der Waals surface area contributed by atoms with Gasteiger partial charge in [0.15, 0.2) is 0 Å². The van der Waals surface area contributed by atoms with Gasteiger partial charge in [0.25, 0.3) is 0 Å². The van der Waals surface area contributed by atoms with E-state index in [1.165, 1.54) is 54.7 Å². The lowest BCUT2D eigenvalue weighted by Crippen LogP contribution is -2.25. The van der Waals surface area contributed by atoms with E-state index in [1.54, 1.807) is 0 Å². The van der Waals surface area contributed by atoms with Crippen LogP contribution in [0.25, 0.3) is 0 Å². The van der Waals surface area contributed by atoms with Crippen LogP contribution in [0.1, 0.15) is 56.7 Å². The molecule has 0 aromatic heterocycles. The van der Waals surface area contributed by atoms with Crippen LogP contribution in [0.3, 0.4) is 0 Å². The van der Waals surface area contributed by atoms with Crippen LogP contribution in [-0.4, -0.2) is 18.1 Å². The van der Waals surface area contributed by atoms with Crippen LogP contribution in [0, 0.1) is 5.92 Å². The molecule has 112 valence electrons. The van der Waals surface area contributed by atoms with Gasteiger partial charge in [-0.3, -0.25) is 0 Å². The number of hydrogen-bond donors (Lipinski definition) is 1. The van der Waals surface area contributed by atoms with E-state index >= 15 is 0 Å². The van der Waals surface area contributed by atoms with Crippen LogP contribution in [0.15, 0.2) is 24.3 Å². The Hall–Kier alpha value is -0.470. The van der Waals surface area contributed by atoms with E-state index in [0.29, 0.717) is 6.04 Å². The van der Waals surface area contributed by atoms with Gasteiger partial charge in [0.05, 0.1) is 0 Å². The van der Waals surface area contributed by atoms with E-state index < -0.39 is 0 Å². The summed E-state index contributed by atoms with van der Waals surface area (Å²) in [7, 11) is 0. The second-order valence-electron chi connectivity index (χ2n) is 5.89. The summed E-state index contributed by atoms with van der Waals surface area (Å²) >= 11 is 2.12. The third-order valence-electron chi connectivity index (χ3n) is 4.28. The van der Waals surface area contributed by atoms with Crippen LogP contribution >= 0.6 is 11.8 Å². The van der Waals surface area contributed by atoms with Gasteiger partial charge < -0.3 is 5.32 Å². The molecule has 1 fully saturated rings. The minimum Gasteiger partial charge on any atom is -0.310 e. The number of thioether (sulfide) groups is 1. The summed E-state index contributed by atoms with van der Waals surface area (Å²) in [5, 5.41) is 3.69. The molecule has 1 aliphatic heterocycles. The first kappa shape index (κ1) is 15.9. The second kappa shape index (κ2) is 8.74. The molecule has 0 amide bonds. The maximum Gasteiger partial charge on any atom is 0.0322 e. The van der Waals surface area contributed by atoms with Gasteiger partial charge in [0.1, 0.15) is 0 Å². The smallest absolute Gasteiger partial charge is 0.0322 e. The number of aryl methyl sites for hydroxylation is 1. The third kappa shape index (κ3) is 4.82. The highest BCUT2D eigenvalue weighted by molar-refractivity contribution is 7.99. The zero-order valence-corrected chi connectivity index (χ0v) is 13.8. The summed E-state index contributed by atoms with van der Waals surface area (Å²) < 4.78 is 0. The van der Waals surface area contributed by atoms with Gasteiger partial charge in [0, 0.05) is 6.04 Å². The molecule has 0 saturated carbocycles. The molecule has 1 saturated heterocycles. The maximum absolute atomic E-state index is 3.69. The van der Waals surface area contributed by atoms with Crippen molar-refractivity contribution in [2.75, 3.05) is 18.1 Å². The summed E-state index contributed by atoms with van der Waals surface area (Å²) in [6, 6.07) is 9.87. The topological polar surface area (TPSA) is 12.0 Å². The SMILES string of the molecule is CCCc1ccc(C(CC2CCSCC2)NCC)cc1. The Morgan fingerprint density at radius 2 is 1.85 bits per heavy atom. The molecule has 1 N–H and O–H groups in total. The molecule has 1 aromatic rings. The van der Waals surface area contributed by atoms with Crippen LogP contribution < -0.4 is 5.32 Å². The van der Waals surface area contributed by atoms with E-state index in [-0.39, 0.29) is 0 Å². The maximum atomic E-state index is 3.69. The van der Waals surface area contributed by atoms with Crippen molar-refractivity contribution >= 4 is 11.8 Å². The summed E-state index contributed by atoms with van der Waals surface area (Å²) in [4.78, 5) is 0. The summed E-state index contributed by atoms with van der Waals surface area (Å²) in [6.45, 7) is 5.52. The predicted octanol–water partition coefficient (Wildman–Crippen LogP) is 4.82. The fourth-order valence-electron chi connectivity index (χ4n) is 3.10. The molecule has 1 nitrogen and oxygen atoms in total. The van der Waals surface area contributed by atoms with Gasteiger partial charge in [-0.25, -0.2) is 0 Å². The lowest BCUT2D eigenvalue weighted by molar-refractivity contribution is 0.374. The molecule has 0 bridgehead atoms. The molecule has 2 heteroatoms.